The van der Waals surface area contributed by atoms with Crippen LogP contribution in [0.5, 0.6) is 5.75 Å². The molecule has 0 radical (unpaired) electrons. The van der Waals surface area contributed by atoms with Crippen LogP contribution < -0.4 is 14.4 Å². The molecule has 2 aromatic carbocycles. The Morgan fingerprint density at radius 1 is 1.08 bits per heavy atom. The van der Waals surface area contributed by atoms with Crippen molar-refractivity contribution >= 4 is 50.7 Å². The van der Waals surface area contributed by atoms with E-state index in [-0.39, 0.29) is 24.2 Å². The van der Waals surface area contributed by atoms with Gasteiger partial charge >= 0.3 is 0 Å². The van der Waals surface area contributed by atoms with Crippen LogP contribution in [-0.2, 0) is 26.2 Å². The van der Waals surface area contributed by atoms with Crippen LogP contribution in [0, 0.1) is 0 Å². The lowest BCUT2D eigenvalue weighted by Crippen LogP contribution is -2.53. The van der Waals surface area contributed by atoms with Crippen molar-refractivity contribution in [1.82, 2.24) is 10.2 Å². The molecule has 1 atom stereocenters. The quantitative estimate of drug-likeness (QED) is 0.414. The molecule has 0 aromatic heterocycles. The molecule has 1 N–H and O–H groups in total. The fraction of sp³-hybridized carbons (Fsp3) is 0.440. The van der Waals surface area contributed by atoms with E-state index in [0.717, 1.165) is 10.6 Å². The Labute approximate surface area is 223 Å². The van der Waals surface area contributed by atoms with E-state index in [0.29, 0.717) is 34.4 Å². The van der Waals surface area contributed by atoms with Gasteiger partial charge in [0.25, 0.3) is 0 Å². The molecule has 198 valence electrons. The first kappa shape index (κ1) is 29.7. The molecule has 0 heterocycles. The number of benzene rings is 2. The first-order valence-electron chi connectivity index (χ1n) is 11.6. The first-order valence-corrected chi connectivity index (χ1v) is 14.2. The normalized spacial score (nSPS) is 12.2. The van der Waals surface area contributed by atoms with E-state index < -0.39 is 28.5 Å². The van der Waals surface area contributed by atoms with Gasteiger partial charge in [-0.3, -0.25) is 13.9 Å². The molecule has 2 aromatic rings. The topological polar surface area (TPSA) is 96.0 Å². The fourth-order valence-electron chi connectivity index (χ4n) is 3.67. The summed E-state index contributed by atoms with van der Waals surface area (Å²) in [4.78, 5) is 28.1. The van der Waals surface area contributed by atoms with E-state index in [1.807, 2.05) is 13.8 Å². The molecular weight excluding hydrogens is 525 g/mol. The molecular formula is C25H33Cl2N3O5S. The van der Waals surface area contributed by atoms with Gasteiger partial charge in [0.05, 0.1) is 18.6 Å². The maximum atomic E-state index is 13.7. The number of para-hydroxylation sites is 2. The predicted octanol–water partition coefficient (Wildman–Crippen LogP) is 4.49. The predicted molar refractivity (Wildman–Crippen MR) is 144 cm³/mol. The van der Waals surface area contributed by atoms with Crippen molar-refractivity contribution in [2.75, 3.05) is 23.7 Å². The van der Waals surface area contributed by atoms with Crippen molar-refractivity contribution < 1.29 is 22.7 Å². The maximum absolute atomic E-state index is 13.7. The second-order valence-corrected chi connectivity index (χ2v) is 11.3. The number of hydrogen-bond donors (Lipinski definition) is 1. The molecule has 0 bridgehead atoms. The van der Waals surface area contributed by atoms with Crippen molar-refractivity contribution in [3.63, 3.8) is 0 Å². The highest BCUT2D eigenvalue weighted by molar-refractivity contribution is 7.92. The summed E-state index contributed by atoms with van der Waals surface area (Å²) in [5.74, 6) is -0.579. The van der Waals surface area contributed by atoms with Crippen LogP contribution in [-0.4, -0.2) is 56.6 Å². The molecule has 0 unspecified atom stereocenters. The van der Waals surface area contributed by atoms with Crippen LogP contribution in [0.2, 0.25) is 10.0 Å². The van der Waals surface area contributed by atoms with Gasteiger partial charge in [-0.2, -0.15) is 0 Å². The number of amides is 2. The van der Waals surface area contributed by atoms with Gasteiger partial charge in [0, 0.05) is 22.6 Å². The van der Waals surface area contributed by atoms with Crippen molar-refractivity contribution in [1.29, 1.82) is 0 Å². The van der Waals surface area contributed by atoms with E-state index in [4.69, 9.17) is 27.9 Å². The molecule has 0 saturated heterocycles. The lowest BCUT2D eigenvalue weighted by molar-refractivity contribution is -0.140. The lowest BCUT2D eigenvalue weighted by atomic mass is 10.1. The Morgan fingerprint density at radius 2 is 1.75 bits per heavy atom. The van der Waals surface area contributed by atoms with E-state index in [2.05, 4.69) is 5.32 Å². The Hall–Kier alpha value is -2.49. The number of ether oxygens (including phenoxy) is 1. The molecule has 0 aliphatic carbocycles. The van der Waals surface area contributed by atoms with Crippen LogP contribution in [0.25, 0.3) is 0 Å². The summed E-state index contributed by atoms with van der Waals surface area (Å²) in [6, 6.07) is 10.5. The van der Waals surface area contributed by atoms with Crippen molar-refractivity contribution in [3.05, 3.63) is 58.1 Å². The minimum absolute atomic E-state index is 0.0104. The van der Waals surface area contributed by atoms with Crippen molar-refractivity contribution in [3.8, 4) is 5.75 Å². The minimum atomic E-state index is -3.88. The lowest BCUT2D eigenvalue weighted by Gasteiger charge is -2.33. The number of nitrogens with zero attached hydrogens (tertiary/aromatic N) is 2. The van der Waals surface area contributed by atoms with Crippen LogP contribution in [0.15, 0.2) is 42.5 Å². The summed E-state index contributed by atoms with van der Waals surface area (Å²) < 4.78 is 32.2. The standard InChI is InChI=1S/C25H33Cl2N3O5S/c1-6-21(25(32)28-17(3)4)29(15-18-12-13-19(26)14-20(18)27)24(31)16-30(36(5,33)34)22-10-8-9-11-23(22)35-7-2/h8-14,17,21H,6-7,15-16H2,1-5H3,(H,28,32)/t21-/m0/s1. The smallest absolute Gasteiger partial charge is 0.244 e. The van der Waals surface area contributed by atoms with Gasteiger partial charge in [0.15, 0.2) is 0 Å². The zero-order valence-electron chi connectivity index (χ0n) is 21.1. The Balaban J connectivity index is 2.52. The number of sulfonamides is 1. The molecule has 11 heteroatoms. The number of hydrogen-bond acceptors (Lipinski definition) is 5. The highest BCUT2D eigenvalue weighted by atomic mass is 35.5. The molecule has 0 spiro atoms. The molecule has 2 rings (SSSR count). The third-order valence-corrected chi connectivity index (χ3v) is 7.00. The third-order valence-electron chi connectivity index (χ3n) is 5.29. The summed E-state index contributed by atoms with van der Waals surface area (Å²) in [6.07, 6.45) is 1.33. The largest absolute Gasteiger partial charge is 0.492 e. The monoisotopic (exact) mass is 557 g/mol. The summed E-state index contributed by atoms with van der Waals surface area (Å²) in [6.45, 7) is 6.99. The summed E-state index contributed by atoms with van der Waals surface area (Å²) in [7, 11) is -3.88. The average Bonchev–Trinajstić information content (AvgIpc) is 2.78. The number of carbonyl (C=O) groups excluding carboxylic acids is 2. The molecule has 0 aliphatic heterocycles. The second kappa shape index (κ2) is 13.2. The van der Waals surface area contributed by atoms with Crippen molar-refractivity contribution in [2.24, 2.45) is 0 Å². The van der Waals surface area contributed by atoms with Gasteiger partial charge in [-0.1, -0.05) is 48.3 Å². The summed E-state index contributed by atoms with van der Waals surface area (Å²) in [5.41, 5.74) is 0.810. The Kier molecular flexibility index (Phi) is 10.9. The van der Waals surface area contributed by atoms with Gasteiger partial charge in [-0.05, 0) is 57.0 Å². The van der Waals surface area contributed by atoms with Crippen molar-refractivity contribution in [2.45, 2.75) is 52.7 Å². The molecule has 36 heavy (non-hydrogen) atoms. The number of nitrogens with one attached hydrogen (secondary N) is 1. The number of rotatable bonds is 12. The minimum Gasteiger partial charge on any atom is -0.492 e. The Morgan fingerprint density at radius 3 is 2.31 bits per heavy atom. The van der Waals surface area contributed by atoms with E-state index in [1.54, 1.807) is 56.3 Å². The number of halogens is 2. The zero-order chi connectivity index (χ0) is 27.0. The maximum Gasteiger partial charge on any atom is 0.244 e. The van der Waals surface area contributed by atoms with E-state index in [9.17, 15) is 18.0 Å². The van der Waals surface area contributed by atoms with Crippen LogP contribution in [0.4, 0.5) is 5.69 Å². The summed E-state index contributed by atoms with van der Waals surface area (Å²) in [5, 5.41) is 3.61. The van der Waals surface area contributed by atoms with E-state index >= 15 is 0 Å². The second-order valence-electron chi connectivity index (χ2n) is 8.52. The molecule has 0 fully saturated rings. The number of anilines is 1. The zero-order valence-corrected chi connectivity index (χ0v) is 23.5. The SMILES string of the molecule is CCOc1ccccc1N(CC(=O)N(Cc1ccc(Cl)cc1Cl)[C@@H](CC)C(=O)NC(C)C)S(C)(=O)=O. The molecule has 0 aliphatic rings. The van der Waals surface area contributed by atoms with E-state index in [1.165, 1.54) is 4.90 Å². The Bertz CT molecular complexity index is 1170. The first-order chi connectivity index (χ1) is 16.9. The average molecular weight is 559 g/mol. The highest BCUT2D eigenvalue weighted by Crippen LogP contribution is 2.30. The van der Waals surface area contributed by atoms with Crippen LogP contribution in [0.3, 0.4) is 0 Å². The van der Waals surface area contributed by atoms with Crippen LogP contribution >= 0.6 is 23.2 Å². The van der Waals surface area contributed by atoms with Gasteiger partial charge < -0.3 is 15.0 Å². The molecule has 0 saturated carbocycles. The fourth-order valence-corrected chi connectivity index (χ4v) is 4.99. The van der Waals surface area contributed by atoms with Gasteiger partial charge in [0.2, 0.25) is 21.8 Å². The molecule has 8 nitrogen and oxygen atoms in total. The van der Waals surface area contributed by atoms with Crippen LogP contribution in [0.1, 0.15) is 39.7 Å². The summed E-state index contributed by atoms with van der Waals surface area (Å²) >= 11 is 12.4. The van der Waals surface area contributed by atoms with Gasteiger partial charge in [-0.15, -0.1) is 0 Å². The van der Waals surface area contributed by atoms with Gasteiger partial charge in [0.1, 0.15) is 18.3 Å². The third kappa shape index (κ3) is 8.01. The number of carbonyl (C=O) groups is 2. The van der Waals surface area contributed by atoms with Gasteiger partial charge in [-0.25, -0.2) is 8.42 Å². The molecule has 2 amide bonds. The highest BCUT2D eigenvalue weighted by Gasteiger charge is 2.33.